The Bertz CT molecular complexity index is 1450. The fraction of sp³-hybridized carbons (Fsp3) is 0.344. The molecule has 0 radical (unpaired) electrons. The summed E-state index contributed by atoms with van der Waals surface area (Å²) in [5, 5.41) is 14.8. The predicted octanol–water partition coefficient (Wildman–Crippen LogP) is 3.65. The van der Waals surface area contributed by atoms with Gasteiger partial charge in [-0.05, 0) is 76.0 Å². The van der Waals surface area contributed by atoms with E-state index in [4.69, 9.17) is 4.74 Å². The lowest BCUT2D eigenvalue weighted by molar-refractivity contribution is -0.462. The van der Waals surface area contributed by atoms with Crippen molar-refractivity contribution in [2.45, 2.75) is 25.9 Å². The molecule has 1 heterocycles. The average Bonchev–Trinajstić information content (AvgIpc) is 2.93. The van der Waals surface area contributed by atoms with Crippen LogP contribution in [0.5, 0.6) is 0 Å². The number of hydrogen-bond acceptors (Lipinski definition) is 6. The van der Waals surface area contributed by atoms with Crippen LogP contribution in [0.4, 0.5) is 5.69 Å². The second-order valence-corrected chi connectivity index (χ2v) is 16.1. The van der Waals surface area contributed by atoms with Gasteiger partial charge in [0.15, 0.2) is 5.71 Å². The Kier molecular flexibility index (Phi) is 9.21. The Morgan fingerprint density at radius 3 is 2.50 bits per heavy atom. The maximum atomic E-state index is 12.2. The summed E-state index contributed by atoms with van der Waals surface area (Å²) >= 11 is 1.62. The highest BCUT2D eigenvalue weighted by Gasteiger charge is 2.43. The highest BCUT2D eigenvalue weighted by atomic mass is 32.2. The molecule has 8 heteroatoms. The lowest BCUT2D eigenvalue weighted by atomic mass is 9.87. The van der Waals surface area contributed by atoms with Crippen molar-refractivity contribution >= 4 is 53.9 Å². The molecule has 0 amide bonds. The van der Waals surface area contributed by atoms with Crippen LogP contribution >= 0.6 is 11.8 Å². The van der Waals surface area contributed by atoms with Gasteiger partial charge in [0.1, 0.15) is 22.2 Å². The minimum Gasteiger partial charge on any atom is -0.545 e. The van der Waals surface area contributed by atoms with E-state index in [1.807, 2.05) is 47.2 Å². The molecule has 6 nitrogen and oxygen atoms in total. The summed E-state index contributed by atoms with van der Waals surface area (Å²) < 4.78 is 7.21. The molecule has 0 aromatic heterocycles. The summed E-state index contributed by atoms with van der Waals surface area (Å²) in [7, 11) is 5.87. The quantitative estimate of drug-likeness (QED) is 0.187. The van der Waals surface area contributed by atoms with Crippen LogP contribution in [0.3, 0.4) is 0 Å². The first-order valence-corrected chi connectivity index (χ1v) is 17.5. The molecule has 210 valence electrons. The summed E-state index contributed by atoms with van der Waals surface area (Å²) in [6.45, 7) is 4.66. The van der Waals surface area contributed by atoms with Crippen LogP contribution in [0.25, 0.3) is 5.57 Å². The number of benzene rings is 2. The van der Waals surface area contributed by atoms with Gasteiger partial charge < -0.3 is 19.5 Å². The van der Waals surface area contributed by atoms with Crippen LogP contribution in [0.2, 0.25) is 12.6 Å². The number of aromatic carboxylic acids is 1. The topological polar surface area (TPSA) is 72.7 Å². The minimum absolute atomic E-state index is 0.165. The fourth-order valence-corrected chi connectivity index (χ4v) is 10.8. The Hall–Kier alpha value is -3.36. The number of thioether (sulfide) groups is 1. The lowest BCUT2D eigenvalue weighted by Crippen LogP contribution is -2.52. The van der Waals surface area contributed by atoms with Crippen molar-refractivity contribution < 1.29 is 24.0 Å². The van der Waals surface area contributed by atoms with Gasteiger partial charge in [-0.15, -0.1) is 0 Å². The van der Waals surface area contributed by atoms with Gasteiger partial charge in [0.2, 0.25) is 0 Å². The molecule has 4 rings (SSSR count). The van der Waals surface area contributed by atoms with Crippen LogP contribution in [0.15, 0.2) is 71.5 Å². The molecule has 2 aromatic rings. The Morgan fingerprint density at radius 1 is 1.07 bits per heavy atom. The molecular formula is C32H38N2O4SSi. The number of hydrogen-bond donors (Lipinski definition) is 0. The van der Waals surface area contributed by atoms with E-state index in [2.05, 4.69) is 52.4 Å². The zero-order chi connectivity index (χ0) is 29.0. The smallest absolute Gasteiger partial charge is 0.315 e. The van der Waals surface area contributed by atoms with E-state index in [-0.39, 0.29) is 11.5 Å². The van der Waals surface area contributed by atoms with E-state index >= 15 is 0 Å². The van der Waals surface area contributed by atoms with Crippen molar-refractivity contribution in [1.29, 1.82) is 0 Å². The van der Waals surface area contributed by atoms with Gasteiger partial charge in [-0.25, -0.2) is 4.58 Å². The van der Waals surface area contributed by atoms with Crippen LogP contribution in [-0.4, -0.2) is 76.6 Å². The molecule has 0 saturated carbocycles. The fourth-order valence-electron chi connectivity index (χ4n) is 5.58. The van der Waals surface area contributed by atoms with E-state index < -0.39 is 14.0 Å². The van der Waals surface area contributed by atoms with Crippen LogP contribution in [-0.2, 0) is 9.53 Å². The number of rotatable bonds is 10. The monoisotopic (exact) mass is 574 g/mol. The summed E-state index contributed by atoms with van der Waals surface area (Å²) in [6, 6.07) is 14.8. The maximum Gasteiger partial charge on any atom is 0.315 e. The first-order valence-electron chi connectivity index (χ1n) is 13.6. The van der Waals surface area contributed by atoms with E-state index in [1.54, 1.807) is 23.9 Å². The standard InChI is InChI=1S/C32H38N2O4SSi/c1-7-38-30(35)21-39-17-10-18-40(6)28-19-22(33(2)3)13-15-26(28)31(24-11-8-9-12-25(24)32(36)37)27-16-14-23(34(4)5)20-29(27)40/h8-9,11-16,19-20H,7,10,17-18,21H2,1-6H3. The largest absolute Gasteiger partial charge is 0.545 e. The van der Waals surface area contributed by atoms with Gasteiger partial charge in [0.25, 0.3) is 0 Å². The van der Waals surface area contributed by atoms with Crippen LogP contribution in [0.1, 0.15) is 34.8 Å². The van der Waals surface area contributed by atoms with Gasteiger partial charge in [-0.1, -0.05) is 36.9 Å². The third-order valence-corrected chi connectivity index (χ3v) is 13.2. The summed E-state index contributed by atoms with van der Waals surface area (Å²) in [5.74, 6) is -0.101. The van der Waals surface area contributed by atoms with Gasteiger partial charge >= 0.3 is 5.97 Å². The third-order valence-electron chi connectivity index (χ3n) is 7.67. The van der Waals surface area contributed by atoms with Gasteiger partial charge in [0.05, 0.1) is 18.3 Å². The minimum atomic E-state index is -2.31. The number of carboxylic acids is 1. The molecule has 2 aliphatic rings. The Morgan fingerprint density at radius 2 is 1.82 bits per heavy atom. The zero-order valence-corrected chi connectivity index (χ0v) is 26.1. The lowest BCUT2D eigenvalue weighted by Gasteiger charge is -2.41. The first-order chi connectivity index (χ1) is 19.1. The second-order valence-electron chi connectivity index (χ2n) is 10.7. The molecule has 40 heavy (non-hydrogen) atoms. The van der Waals surface area contributed by atoms with Crippen molar-refractivity contribution in [1.82, 2.24) is 0 Å². The highest BCUT2D eigenvalue weighted by molar-refractivity contribution is 7.99. The summed E-state index contributed by atoms with van der Waals surface area (Å²) in [4.78, 5) is 26.2. The van der Waals surface area contributed by atoms with E-state index in [0.717, 1.165) is 46.3 Å². The zero-order valence-electron chi connectivity index (χ0n) is 24.2. The normalized spacial score (nSPS) is 17.6. The van der Waals surface area contributed by atoms with Crippen LogP contribution in [0, 0.1) is 0 Å². The molecule has 0 N–H and O–H groups in total. The molecule has 1 aliphatic carbocycles. The second kappa shape index (κ2) is 12.4. The van der Waals surface area contributed by atoms with E-state index in [1.165, 1.54) is 10.4 Å². The number of esters is 1. The molecule has 2 aromatic carbocycles. The van der Waals surface area contributed by atoms with Crippen LogP contribution < -0.4 is 15.2 Å². The predicted molar refractivity (Wildman–Crippen MR) is 167 cm³/mol. The van der Waals surface area contributed by atoms with E-state index in [0.29, 0.717) is 17.9 Å². The van der Waals surface area contributed by atoms with E-state index in [9.17, 15) is 14.7 Å². The average molecular weight is 575 g/mol. The molecule has 0 unspecified atom stereocenters. The van der Waals surface area contributed by atoms with Gasteiger partial charge in [-0.3, -0.25) is 4.79 Å². The third kappa shape index (κ3) is 5.88. The number of anilines is 1. The number of allylic oxidation sites excluding steroid dienone is 5. The Labute approximate surface area is 242 Å². The number of carboxylic acid groups (broad SMARTS) is 1. The summed E-state index contributed by atoms with van der Waals surface area (Å²) in [5.41, 5.74) is 6.25. The molecule has 1 aliphatic heterocycles. The van der Waals surface area contributed by atoms with Gasteiger partial charge in [0, 0.05) is 37.5 Å². The molecule has 0 bridgehead atoms. The van der Waals surface area contributed by atoms with Crippen molar-refractivity contribution in [2.75, 3.05) is 51.2 Å². The number of carbonyl (C=O) groups excluding carboxylic acids is 2. The number of carbonyl (C=O) groups is 2. The number of nitrogens with zero attached hydrogens (tertiary/aromatic N) is 2. The van der Waals surface area contributed by atoms with Crippen molar-refractivity contribution in [3.8, 4) is 0 Å². The molecule has 1 atom stereocenters. The maximum absolute atomic E-state index is 12.2. The van der Waals surface area contributed by atoms with Crippen molar-refractivity contribution in [3.05, 3.63) is 88.2 Å². The van der Waals surface area contributed by atoms with Crippen molar-refractivity contribution in [3.63, 3.8) is 0 Å². The molecule has 0 spiro atoms. The molecule has 0 fully saturated rings. The number of ether oxygens (including phenoxy) is 1. The first kappa shape index (κ1) is 29.6. The SMILES string of the molecule is CCOC(=O)CSCCC[Si@]1(C)C2=CC(=[N+](C)C)C=CC2=C(c2ccccc2C(=O)[O-])c2ccc(N(C)C)cc21. The van der Waals surface area contributed by atoms with Gasteiger partial charge in [-0.2, -0.15) is 11.8 Å². The van der Waals surface area contributed by atoms with Crippen molar-refractivity contribution in [2.24, 2.45) is 0 Å². The molecular weight excluding hydrogens is 537 g/mol. The highest BCUT2D eigenvalue weighted by Crippen LogP contribution is 2.44. The number of fused-ring (bicyclic) bond motifs is 2. The molecule has 0 saturated heterocycles. The Balaban J connectivity index is 1.89. The summed E-state index contributed by atoms with van der Waals surface area (Å²) in [6.07, 6.45) is 7.55.